The Balaban J connectivity index is 1.90. The molecule has 2 aromatic rings. The molecule has 0 aromatic heterocycles. The molecule has 1 aliphatic rings. The van der Waals surface area contributed by atoms with Gasteiger partial charge >= 0.3 is 0 Å². The maximum Gasteiger partial charge on any atom is 0.254 e. The fraction of sp³-hybridized carbons (Fsp3) is 0.278. The third-order valence-corrected chi connectivity index (χ3v) is 3.97. The van der Waals surface area contributed by atoms with Crippen molar-refractivity contribution in [3.8, 4) is 0 Å². The smallest absolute Gasteiger partial charge is 0.254 e. The first-order valence-corrected chi connectivity index (χ1v) is 7.40. The molecule has 2 aromatic carbocycles. The standard InChI is InChI=1S/C18H20N2O/c1-14-13-20(18(21)16-10-6-3-7-11-16)17(12-19-14)15-8-4-2-5-9-15/h2-11,14,17,19H,12-13H2,1H3. The van der Waals surface area contributed by atoms with Crippen LogP contribution in [0.5, 0.6) is 0 Å². The first-order chi connectivity index (χ1) is 10.3. The van der Waals surface area contributed by atoms with Crippen LogP contribution in [0.25, 0.3) is 0 Å². The Morgan fingerprint density at radius 1 is 1.05 bits per heavy atom. The molecule has 108 valence electrons. The minimum atomic E-state index is 0.0927. The van der Waals surface area contributed by atoms with Crippen LogP contribution in [0.3, 0.4) is 0 Å². The Morgan fingerprint density at radius 3 is 2.33 bits per heavy atom. The Morgan fingerprint density at radius 2 is 1.67 bits per heavy atom. The van der Waals surface area contributed by atoms with E-state index in [1.54, 1.807) is 0 Å². The lowest BCUT2D eigenvalue weighted by Crippen LogP contribution is -2.53. The van der Waals surface area contributed by atoms with E-state index in [-0.39, 0.29) is 11.9 Å². The van der Waals surface area contributed by atoms with E-state index < -0.39 is 0 Å². The van der Waals surface area contributed by atoms with E-state index in [4.69, 9.17) is 0 Å². The molecule has 3 heteroatoms. The second-order valence-corrected chi connectivity index (χ2v) is 5.56. The molecule has 0 spiro atoms. The average Bonchev–Trinajstić information content (AvgIpc) is 2.56. The first-order valence-electron chi connectivity index (χ1n) is 7.40. The van der Waals surface area contributed by atoms with Crippen molar-refractivity contribution in [1.29, 1.82) is 0 Å². The summed E-state index contributed by atoms with van der Waals surface area (Å²) in [6.45, 7) is 3.64. The summed E-state index contributed by atoms with van der Waals surface area (Å²) in [4.78, 5) is 14.8. The van der Waals surface area contributed by atoms with Gasteiger partial charge in [0.15, 0.2) is 0 Å². The highest BCUT2D eigenvalue weighted by Crippen LogP contribution is 2.25. The molecule has 1 amide bonds. The summed E-state index contributed by atoms with van der Waals surface area (Å²) in [5.41, 5.74) is 1.94. The minimum Gasteiger partial charge on any atom is -0.329 e. The van der Waals surface area contributed by atoms with Gasteiger partial charge in [0.2, 0.25) is 0 Å². The maximum atomic E-state index is 12.8. The number of amides is 1. The van der Waals surface area contributed by atoms with Crippen LogP contribution in [0.15, 0.2) is 60.7 Å². The van der Waals surface area contributed by atoms with Crippen LogP contribution in [0.1, 0.15) is 28.9 Å². The molecule has 0 radical (unpaired) electrons. The van der Waals surface area contributed by atoms with E-state index in [2.05, 4.69) is 24.4 Å². The Kier molecular flexibility index (Phi) is 4.02. The number of carbonyl (C=O) groups is 1. The lowest BCUT2D eigenvalue weighted by Gasteiger charge is -2.39. The van der Waals surface area contributed by atoms with Gasteiger partial charge in [-0.25, -0.2) is 0 Å². The number of hydrogen-bond donors (Lipinski definition) is 1. The van der Waals surface area contributed by atoms with Crippen molar-refractivity contribution in [1.82, 2.24) is 10.2 Å². The van der Waals surface area contributed by atoms with Crippen LogP contribution in [0, 0.1) is 0 Å². The molecule has 1 saturated heterocycles. The molecular weight excluding hydrogens is 260 g/mol. The highest BCUT2D eigenvalue weighted by atomic mass is 16.2. The topological polar surface area (TPSA) is 32.3 Å². The molecule has 1 fully saturated rings. The minimum absolute atomic E-state index is 0.0927. The molecule has 0 aliphatic carbocycles. The Bertz CT molecular complexity index is 597. The van der Waals surface area contributed by atoms with Crippen molar-refractivity contribution in [3.05, 3.63) is 71.8 Å². The van der Waals surface area contributed by atoms with Crippen LogP contribution >= 0.6 is 0 Å². The predicted molar refractivity (Wildman–Crippen MR) is 84.1 cm³/mol. The maximum absolute atomic E-state index is 12.8. The summed E-state index contributed by atoms with van der Waals surface area (Å²) in [5, 5.41) is 3.47. The Labute approximate surface area is 125 Å². The largest absolute Gasteiger partial charge is 0.329 e. The van der Waals surface area contributed by atoms with E-state index in [1.165, 1.54) is 5.56 Å². The van der Waals surface area contributed by atoms with Gasteiger partial charge in [-0.1, -0.05) is 48.5 Å². The first kappa shape index (κ1) is 13.8. The summed E-state index contributed by atoms with van der Waals surface area (Å²) >= 11 is 0. The van der Waals surface area contributed by atoms with Crippen molar-refractivity contribution in [2.45, 2.75) is 19.0 Å². The van der Waals surface area contributed by atoms with Gasteiger partial charge in [-0.3, -0.25) is 4.79 Å². The van der Waals surface area contributed by atoms with E-state index in [1.807, 2.05) is 53.4 Å². The normalized spacial score (nSPS) is 22.0. The SMILES string of the molecule is CC1CN(C(=O)c2ccccc2)C(c2ccccc2)CN1. The average molecular weight is 280 g/mol. The fourth-order valence-corrected chi connectivity index (χ4v) is 2.85. The number of carbonyl (C=O) groups excluding carboxylic acids is 1. The van der Waals surface area contributed by atoms with Gasteiger partial charge in [-0.2, -0.15) is 0 Å². The summed E-state index contributed by atoms with van der Waals surface area (Å²) in [5.74, 6) is 0.109. The summed E-state index contributed by atoms with van der Waals surface area (Å²) in [6.07, 6.45) is 0. The third kappa shape index (κ3) is 2.98. The van der Waals surface area contributed by atoms with Gasteiger partial charge in [0.25, 0.3) is 5.91 Å². The molecule has 0 bridgehead atoms. The molecule has 1 heterocycles. The van der Waals surface area contributed by atoms with E-state index in [9.17, 15) is 4.79 Å². The molecule has 1 N–H and O–H groups in total. The quantitative estimate of drug-likeness (QED) is 0.917. The van der Waals surface area contributed by atoms with Crippen LogP contribution < -0.4 is 5.32 Å². The van der Waals surface area contributed by atoms with Crippen LogP contribution in [-0.2, 0) is 0 Å². The predicted octanol–water partition coefficient (Wildman–Crippen LogP) is 2.86. The molecule has 3 rings (SSSR count). The number of nitrogens with zero attached hydrogens (tertiary/aromatic N) is 1. The van der Waals surface area contributed by atoms with Crippen LogP contribution in [0.2, 0.25) is 0 Å². The number of rotatable bonds is 2. The molecule has 1 aliphatic heterocycles. The van der Waals surface area contributed by atoms with Gasteiger partial charge in [-0.15, -0.1) is 0 Å². The van der Waals surface area contributed by atoms with Crippen molar-refractivity contribution < 1.29 is 4.79 Å². The zero-order valence-electron chi connectivity index (χ0n) is 12.2. The molecule has 3 nitrogen and oxygen atoms in total. The van der Waals surface area contributed by atoms with E-state index >= 15 is 0 Å². The summed E-state index contributed by atoms with van der Waals surface area (Å²) in [7, 11) is 0. The molecule has 2 atom stereocenters. The lowest BCUT2D eigenvalue weighted by atomic mass is 10.00. The van der Waals surface area contributed by atoms with Crippen molar-refractivity contribution in [2.24, 2.45) is 0 Å². The third-order valence-electron chi connectivity index (χ3n) is 3.97. The molecule has 0 saturated carbocycles. The summed E-state index contributed by atoms with van der Waals surface area (Å²) in [6, 6.07) is 20.2. The van der Waals surface area contributed by atoms with Gasteiger partial charge in [0, 0.05) is 24.7 Å². The second kappa shape index (κ2) is 6.10. The highest BCUT2D eigenvalue weighted by Gasteiger charge is 2.31. The van der Waals surface area contributed by atoms with Crippen LogP contribution in [-0.4, -0.2) is 29.9 Å². The fourth-order valence-electron chi connectivity index (χ4n) is 2.85. The molecule has 2 unspecified atom stereocenters. The highest BCUT2D eigenvalue weighted by molar-refractivity contribution is 5.94. The number of benzene rings is 2. The van der Waals surface area contributed by atoms with Gasteiger partial charge < -0.3 is 10.2 Å². The number of hydrogen-bond acceptors (Lipinski definition) is 2. The Hall–Kier alpha value is -2.13. The molecule has 21 heavy (non-hydrogen) atoms. The zero-order valence-corrected chi connectivity index (χ0v) is 12.2. The summed E-state index contributed by atoms with van der Waals surface area (Å²) < 4.78 is 0. The van der Waals surface area contributed by atoms with Gasteiger partial charge in [0.05, 0.1) is 6.04 Å². The van der Waals surface area contributed by atoms with Crippen LogP contribution in [0.4, 0.5) is 0 Å². The van der Waals surface area contributed by atoms with Crippen molar-refractivity contribution in [2.75, 3.05) is 13.1 Å². The monoisotopic (exact) mass is 280 g/mol. The van der Waals surface area contributed by atoms with Gasteiger partial charge in [-0.05, 0) is 24.6 Å². The lowest BCUT2D eigenvalue weighted by molar-refractivity contribution is 0.0591. The van der Waals surface area contributed by atoms with Gasteiger partial charge in [0.1, 0.15) is 0 Å². The second-order valence-electron chi connectivity index (χ2n) is 5.56. The van der Waals surface area contributed by atoms with Crippen molar-refractivity contribution in [3.63, 3.8) is 0 Å². The number of nitrogens with one attached hydrogen (secondary N) is 1. The van der Waals surface area contributed by atoms with Crippen molar-refractivity contribution >= 4 is 5.91 Å². The molecular formula is C18H20N2O. The van der Waals surface area contributed by atoms with E-state index in [0.29, 0.717) is 6.04 Å². The zero-order chi connectivity index (χ0) is 14.7. The van der Waals surface area contributed by atoms with E-state index in [0.717, 1.165) is 18.7 Å². The number of piperazine rings is 1.